The Morgan fingerprint density at radius 3 is 2.81 bits per heavy atom. The first-order valence-corrected chi connectivity index (χ1v) is 9.14. The quantitative estimate of drug-likeness (QED) is 0.646. The Labute approximate surface area is 158 Å². The van der Waals surface area contributed by atoms with Crippen LogP contribution >= 0.6 is 15.9 Å². The van der Waals surface area contributed by atoms with Crippen LogP contribution in [-0.4, -0.2) is 15.8 Å². The first kappa shape index (κ1) is 15.5. The maximum atomic E-state index is 10.2. The molecule has 0 unspecified atom stereocenters. The van der Waals surface area contributed by atoms with E-state index < -0.39 is 6.23 Å². The van der Waals surface area contributed by atoms with Gasteiger partial charge in [-0.15, -0.1) is 0 Å². The second-order valence-electron chi connectivity index (χ2n) is 6.33. The van der Waals surface area contributed by atoms with E-state index in [0.717, 1.165) is 27.1 Å². The summed E-state index contributed by atoms with van der Waals surface area (Å²) < 4.78 is 12.8. The molecule has 0 saturated carbocycles. The van der Waals surface area contributed by atoms with Crippen LogP contribution in [0.3, 0.4) is 0 Å². The van der Waals surface area contributed by atoms with Gasteiger partial charge in [0.2, 0.25) is 6.23 Å². The van der Waals surface area contributed by atoms with Crippen LogP contribution in [0.4, 0.5) is 0 Å². The number of phenols is 1. The summed E-state index contributed by atoms with van der Waals surface area (Å²) in [6, 6.07) is 17.0. The van der Waals surface area contributed by atoms with E-state index in [1.165, 1.54) is 0 Å². The van der Waals surface area contributed by atoms with Gasteiger partial charge >= 0.3 is 0 Å². The Morgan fingerprint density at radius 2 is 2.00 bits per heavy atom. The molecule has 2 atom stereocenters. The fourth-order valence-electron chi connectivity index (χ4n) is 3.56. The number of para-hydroxylation sites is 1. The Balaban J connectivity index is 1.62. The van der Waals surface area contributed by atoms with Gasteiger partial charge in [-0.3, -0.25) is 0 Å². The number of halogens is 1. The van der Waals surface area contributed by atoms with Crippen molar-refractivity contribution in [2.45, 2.75) is 18.7 Å². The second-order valence-corrected chi connectivity index (χ2v) is 7.25. The highest BCUT2D eigenvalue weighted by Gasteiger charge is 2.42. The molecule has 6 heteroatoms. The molecule has 0 amide bonds. The Bertz CT molecular complexity index is 1000. The van der Waals surface area contributed by atoms with Crippen LogP contribution in [-0.2, 0) is 0 Å². The summed E-state index contributed by atoms with van der Waals surface area (Å²) in [6.07, 6.45) is 1.88. The minimum Gasteiger partial charge on any atom is -0.507 e. The van der Waals surface area contributed by atoms with Gasteiger partial charge in [0.05, 0.1) is 18.0 Å². The highest BCUT2D eigenvalue weighted by Crippen LogP contribution is 2.48. The van der Waals surface area contributed by atoms with Crippen molar-refractivity contribution in [1.82, 2.24) is 5.01 Å². The van der Waals surface area contributed by atoms with Gasteiger partial charge in [0.1, 0.15) is 11.5 Å². The smallest absolute Gasteiger partial charge is 0.246 e. The van der Waals surface area contributed by atoms with Gasteiger partial charge in [0.15, 0.2) is 5.76 Å². The Morgan fingerprint density at radius 1 is 1.12 bits per heavy atom. The number of ether oxygens (including phenoxy) is 1. The summed E-state index contributed by atoms with van der Waals surface area (Å²) in [6.45, 7) is 0. The lowest BCUT2D eigenvalue weighted by molar-refractivity contribution is -0.0325. The molecule has 3 aromatic rings. The van der Waals surface area contributed by atoms with E-state index in [2.05, 4.69) is 22.0 Å². The maximum absolute atomic E-state index is 10.2. The summed E-state index contributed by atoms with van der Waals surface area (Å²) in [7, 11) is 0. The number of benzene rings is 2. The molecule has 26 heavy (non-hydrogen) atoms. The van der Waals surface area contributed by atoms with Gasteiger partial charge in [-0.2, -0.15) is 5.10 Å². The average Bonchev–Trinajstić information content (AvgIpc) is 3.32. The summed E-state index contributed by atoms with van der Waals surface area (Å²) in [5.74, 6) is 1.76. The van der Waals surface area contributed by atoms with Crippen molar-refractivity contribution in [2.24, 2.45) is 5.10 Å². The van der Waals surface area contributed by atoms with E-state index in [4.69, 9.17) is 14.3 Å². The largest absolute Gasteiger partial charge is 0.507 e. The number of nitrogens with zero attached hydrogens (tertiary/aromatic N) is 2. The van der Waals surface area contributed by atoms with Crippen LogP contribution in [0.5, 0.6) is 11.5 Å². The first-order valence-electron chi connectivity index (χ1n) is 8.34. The fourth-order valence-corrected chi connectivity index (χ4v) is 3.94. The molecule has 1 aromatic heterocycles. The van der Waals surface area contributed by atoms with Crippen molar-refractivity contribution >= 4 is 21.6 Å². The number of hydrazone groups is 1. The molecular formula is C20H15BrN2O3. The molecule has 0 spiro atoms. The van der Waals surface area contributed by atoms with Crippen LogP contribution in [0.2, 0.25) is 0 Å². The van der Waals surface area contributed by atoms with E-state index in [9.17, 15) is 5.11 Å². The van der Waals surface area contributed by atoms with Gasteiger partial charge in [-0.1, -0.05) is 28.1 Å². The summed E-state index contributed by atoms with van der Waals surface area (Å²) >= 11 is 3.54. The molecule has 0 aliphatic carbocycles. The molecule has 1 N–H and O–H groups in total. The van der Waals surface area contributed by atoms with Crippen molar-refractivity contribution in [1.29, 1.82) is 0 Å². The van der Waals surface area contributed by atoms with Gasteiger partial charge in [0, 0.05) is 22.0 Å². The van der Waals surface area contributed by atoms with Gasteiger partial charge in [0.25, 0.3) is 0 Å². The molecule has 0 bridgehead atoms. The normalized spacial score (nSPS) is 21.0. The predicted octanol–water partition coefficient (Wildman–Crippen LogP) is 4.99. The number of fused-ring (bicyclic) bond motifs is 3. The van der Waals surface area contributed by atoms with Crippen LogP contribution in [0.15, 0.2) is 74.9 Å². The molecule has 130 valence electrons. The third-order valence-electron chi connectivity index (χ3n) is 4.75. The van der Waals surface area contributed by atoms with E-state index in [1.54, 1.807) is 12.3 Å². The summed E-state index contributed by atoms with van der Waals surface area (Å²) in [4.78, 5) is 0. The number of phenolic OH excluding ortho intramolecular Hbond substituents is 1. The van der Waals surface area contributed by atoms with E-state index >= 15 is 0 Å². The maximum Gasteiger partial charge on any atom is 0.246 e. The third kappa shape index (κ3) is 2.41. The van der Waals surface area contributed by atoms with Gasteiger partial charge in [-0.05, 0) is 42.5 Å². The lowest BCUT2D eigenvalue weighted by atomic mass is 9.96. The zero-order valence-electron chi connectivity index (χ0n) is 13.7. The van der Waals surface area contributed by atoms with E-state index in [-0.39, 0.29) is 11.8 Å². The third-order valence-corrected chi connectivity index (χ3v) is 5.25. The van der Waals surface area contributed by atoms with E-state index in [1.807, 2.05) is 47.5 Å². The standard InChI is InChI=1S/C20H15BrN2O3/c21-12-7-8-18-14(10-12)16-11-15(13-4-1-2-5-17(13)24)22-23(16)20(26-18)19-6-3-9-25-19/h1-10,16,20,24H,11H2/t16-,20+/m1/s1. The van der Waals surface area contributed by atoms with Gasteiger partial charge in [-0.25, -0.2) is 5.01 Å². The highest BCUT2D eigenvalue weighted by atomic mass is 79.9. The lowest BCUT2D eigenvalue weighted by Gasteiger charge is -2.37. The number of hydrogen-bond donors (Lipinski definition) is 1. The van der Waals surface area contributed by atoms with Crippen molar-refractivity contribution in [2.75, 3.05) is 0 Å². The molecule has 0 fully saturated rings. The number of aromatic hydroxyl groups is 1. The first-order chi connectivity index (χ1) is 12.7. The minimum absolute atomic E-state index is 0.0148. The average molecular weight is 411 g/mol. The molecule has 2 aliphatic rings. The lowest BCUT2D eigenvalue weighted by Crippen LogP contribution is -2.33. The van der Waals surface area contributed by atoms with E-state index in [0.29, 0.717) is 12.2 Å². The Kier molecular flexibility index (Phi) is 3.53. The van der Waals surface area contributed by atoms with Crippen molar-refractivity contribution in [3.05, 3.63) is 82.2 Å². The van der Waals surface area contributed by atoms with Crippen LogP contribution < -0.4 is 4.74 Å². The molecular weight excluding hydrogens is 396 g/mol. The van der Waals surface area contributed by atoms with Crippen molar-refractivity contribution in [3.8, 4) is 11.5 Å². The van der Waals surface area contributed by atoms with Gasteiger partial charge < -0.3 is 14.3 Å². The number of hydrogen-bond acceptors (Lipinski definition) is 5. The molecule has 3 heterocycles. The highest BCUT2D eigenvalue weighted by molar-refractivity contribution is 9.10. The molecule has 0 radical (unpaired) electrons. The monoisotopic (exact) mass is 410 g/mol. The fraction of sp³-hybridized carbons (Fsp3) is 0.150. The Hall–Kier alpha value is -2.73. The molecule has 2 aromatic carbocycles. The molecule has 5 rings (SSSR count). The zero-order valence-corrected chi connectivity index (χ0v) is 15.3. The zero-order chi connectivity index (χ0) is 17.7. The van der Waals surface area contributed by atoms with Crippen LogP contribution in [0.1, 0.15) is 35.6 Å². The van der Waals surface area contributed by atoms with Crippen molar-refractivity contribution < 1.29 is 14.3 Å². The summed E-state index contributed by atoms with van der Waals surface area (Å²) in [5.41, 5.74) is 2.65. The number of furan rings is 1. The minimum atomic E-state index is -0.438. The molecule has 5 nitrogen and oxygen atoms in total. The molecule has 0 saturated heterocycles. The van der Waals surface area contributed by atoms with Crippen molar-refractivity contribution in [3.63, 3.8) is 0 Å². The number of rotatable bonds is 2. The second kappa shape index (κ2) is 5.92. The topological polar surface area (TPSA) is 58.2 Å². The molecule has 2 aliphatic heterocycles. The van der Waals surface area contributed by atoms with Crippen LogP contribution in [0, 0.1) is 0 Å². The van der Waals surface area contributed by atoms with Crippen LogP contribution in [0.25, 0.3) is 0 Å². The SMILES string of the molecule is Oc1ccccc1C1=NN2[C@H](C1)c1cc(Br)ccc1O[C@H]2c1ccco1. The summed E-state index contributed by atoms with van der Waals surface area (Å²) in [5, 5.41) is 17.0. The predicted molar refractivity (Wildman–Crippen MR) is 100 cm³/mol.